The van der Waals surface area contributed by atoms with E-state index in [1.165, 1.54) is 0 Å². The van der Waals surface area contributed by atoms with E-state index >= 15 is 0 Å². The fourth-order valence-electron chi connectivity index (χ4n) is 2.50. The predicted octanol–water partition coefficient (Wildman–Crippen LogP) is 3.03. The second-order valence-corrected chi connectivity index (χ2v) is 4.36. The first-order valence-corrected chi connectivity index (χ1v) is 5.83. The summed E-state index contributed by atoms with van der Waals surface area (Å²) in [7, 11) is 0. The molecule has 0 aliphatic carbocycles. The van der Waals surface area contributed by atoms with E-state index in [0.717, 1.165) is 31.5 Å². The largest absolute Gasteiger partial charge is 0.317 e. The summed E-state index contributed by atoms with van der Waals surface area (Å²) < 4.78 is 26.3. The van der Waals surface area contributed by atoms with E-state index in [4.69, 9.17) is 0 Å². The van der Waals surface area contributed by atoms with Crippen molar-refractivity contribution in [2.45, 2.75) is 25.2 Å². The third-order valence-corrected chi connectivity index (χ3v) is 3.35. The highest BCUT2D eigenvalue weighted by atomic mass is 19.3. The van der Waals surface area contributed by atoms with E-state index < -0.39 is 12.3 Å². The molecule has 1 unspecified atom stereocenters. The Morgan fingerprint density at radius 3 is 2.25 bits per heavy atom. The third-order valence-electron chi connectivity index (χ3n) is 3.35. The van der Waals surface area contributed by atoms with E-state index in [2.05, 4.69) is 5.32 Å². The molecule has 1 nitrogen and oxygen atoms in total. The Balaban J connectivity index is 2.16. The molecule has 88 valence electrons. The van der Waals surface area contributed by atoms with Crippen molar-refractivity contribution in [1.82, 2.24) is 5.32 Å². The zero-order valence-corrected chi connectivity index (χ0v) is 9.20. The summed E-state index contributed by atoms with van der Waals surface area (Å²) in [6.07, 6.45) is -0.557. The zero-order valence-electron chi connectivity index (χ0n) is 9.20. The lowest BCUT2D eigenvalue weighted by atomic mass is 9.81. The number of rotatable bonds is 3. The molecule has 1 heterocycles. The highest BCUT2D eigenvalue weighted by Crippen LogP contribution is 2.35. The number of hydrogen-bond acceptors (Lipinski definition) is 1. The van der Waals surface area contributed by atoms with Crippen molar-refractivity contribution in [3.8, 4) is 0 Å². The molecule has 16 heavy (non-hydrogen) atoms. The lowest BCUT2D eigenvalue weighted by Gasteiger charge is -2.30. The highest BCUT2D eigenvalue weighted by Gasteiger charge is 2.31. The van der Waals surface area contributed by atoms with Crippen LogP contribution in [0.3, 0.4) is 0 Å². The van der Waals surface area contributed by atoms with Gasteiger partial charge in [0, 0.05) is 5.92 Å². The molecule has 2 rings (SSSR count). The van der Waals surface area contributed by atoms with Crippen LogP contribution in [0.5, 0.6) is 0 Å². The van der Waals surface area contributed by atoms with Crippen LogP contribution in [-0.4, -0.2) is 19.5 Å². The van der Waals surface area contributed by atoms with Gasteiger partial charge in [-0.15, -0.1) is 0 Å². The number of piperidine rings is 1. The first kappa shape index (κ1) is 11.5. The molecule has 1 aromatic rings. The average molecular weight is 225 g/mol. The van der Waals surface area contributed by atoms with Crippen LogP contribution in [0.25, 0.3) is 0 Å². The van der Waals surface area contributed by atoms with Crippen molar-refractivity contribution >= 4 is 0 Å². The van der Waals surface area contributed by atoms with E-state index in [1.807, 2.05) is 30.3 Å². The number of nitrogens with one attached hydrogen (secondary N) is 1. The minimum atomic E-state index is -2.26. The maximum absolute atomic E-state index is 13.1. The average Bonchev–Trinajstić information content (AvgIpc) is 2.31. The number of benzene rings is 1. The summed E-state index contributed by atoms with van der Waals surface area (Å²) in [5.74, 6) is -0.480. The van der Waals surface area contributed by atoms with Crippen LogP contribution in [-0.2, 0) is 0 Å². The summed E-state index contributed by atoms with van der Waals surface area (Å²) in [5, 5.41) is 3.22. The molecule has 0 aromatic heterocycles. The standard InChI is InChI=1S/C13H17F2N/c14-13(15)12(10-4-2-1-3-5-10)11-6-8-16-9-7-11/h1-5,11-13,16H,6-9H2. The van der Waals surface area contributed by atoms with Crippen molar-refractivity contribution < 1.29 is 8.78 Å². The van der Waals surface area contributed by atoms with Crippen LogP contribution in [0.4, 0.5) is 8.78 Å². The van der Waals surface area contributed by atoms with Crippen LogP contribution >= 0.6 is 0 Å². The van der Waals surface area contributed by atoms with Gasteiger partial charge in [-0.2, -0.15) is 0 Å². The molecule has 0 amide bonds. The van der Waals surface area contributed by atoms with E-state index in [9.17, 15) is 8.78 Å². The fourth-order valence-corrected chi connectivity index (χ4v) is 2.50. The summed E-state index contributed by atoms with van der Waals surface area (Å²) in [6.45, 7) is 1.72. The monoisotopic (exact) mass is 225 g/mol. The van der Waals surface area contributed by atoms with Crippen LogP contribution in [0.1, 0.15) is 24.3 Å². The van der Waals surface area contributed by atoms with E-state index in [0.29, 0.717) is 0 Å². The van der Waals surface area contributed by atoms with Gasteiger partial charge < -0.3 is 5.32 Å². The summed E-state index contributed by atoms with van der Waals surface area (Å²) in [6, 6.07) is 9.18. The molecule has 1 aromatic carbocycles. The van der Waals surface area contributed by atoms with Gasteiger partial charge in [-0.1, -0.05) is 30.3 Å². The number of hydrogen-bond donors (Lipinski definition) is 1. The fraction of sp³-hybridized carbons (Fsp3) is 0.538. The van der Waals surface area contributed by atoms with Gasteiger partial charge in [0.1, 0.15) is 0 Å². The summed E-state index contributed by atoms with van der Waals surface area (Å²) in [4.78, 5) is 0. The van der Waals surface area contributed by atoms with Crippen molar-refractivity contribution in [3.05, 3.63) is 35.9 Å². The maximum Gasteiger partial charge on any atom is 0.245 e. The molecule has 0 radical (unpaired) electrons. The molecule has 1 saturated heterocycles. The molecule has 1 aliphatic heterocycles. The Bertz CT molecular complexity index is 307. The maximum atomic E-state index is 13.1. The zero-order chi connectivity index (χ0) is 11.4. The quantitative estimate of drug-likeness (QED) is 0.833. The van der Waals surface area contributed by atoms with Crippen molar-refractivity contribution in [2.75, 3.05) is 13.1 Å². The second kappa shape index (κ2) is 5.39. The molecule has 1 fully saturated rings. The number of halogens is 2. The minimum Gasteiger partial charge on any atom is -0.317 e. The van der Waals surface area contributed by atoms with Crippen molar-refractivity contribution in [1.29, 1.82) is 0 Å². The van der Waals surface area contributed by atoms with Gasteiger partial charge in [0.05, 0.1) is 0 Å². The van der Waals surface area contributed by atoms with Crippen LogP contribution in [0.15, 0.2) is 30.3 Å². The van der Waals surface area contributed by atoms with Gasteiger partial charge in [0.2, 0.25) is 6.43 Å². The molecule has 1 N–H and O–H groups in total. The lowest BCUT2D eigenvalue weighted by molar-refractivity contribution is 0.0764. The Morgan fingerprint density at radius 2 is 1.69 bits per heavy atom. The topological polar surface area (TPSA) is 12.0 Å². The van der Waals surface area contributed by atoms with Crippen molar-refractivity contribution in [3.63, 3.8) is 0 Å². The number of alkyl halides is 2. The van der Waals surface area contributed by atoms with Gasteiger partial charge in [-0.25, -0.2) is 8.78 Å². The van der Waals surface area contributed by atoms with E-state index in [1.54, 1.807) is 0 Å². The Kier molecular flexibility index (Phi) is 3.88. The normalized spacial score (nSPS) is 19.9. The predicted molar refractivity (Wildman–Crippen MR) is 60.8 cm³/mol. The first-order valence-electron chi connectivity index (χ1n) is 5.83. The van der Waals surface area contributed by atoms with Gasteiger partial charge in [-0.3, -0.25) is 0 Å². The smallest absolute Gasteiger partial charge is 0.245 e. The van der Waals surface area contributed by atoms with Crippen LogP contribution in [0, 0.1) is 5.92 Å². The minimum absolute atomic E-state index is 0.114. The third kappa shape index (κ3) is 2.59. The molecular formula is C13H17F2N. The van der Waals surface area contributed by atoms with Gasteiger partial charge >= 0.3 is 0 Å². The van der Waals surface area contributed by atoms with Gasteiger partial charge in [0.15, 0.2) is 0 Å². The molecular weight excluding hydrogens is 208 g/mol. The Hall–Kier alpha value is -0.960. The second-order valence-electron chi connectivity index (χ2n) is 4.36. The van der Waals surface area contributed by atoms with Crippen LogP contribution in [0.2, 0.25) is 0 Å². The molecule has 0 spiro atoms. The van der Waals surface area contributed by atoms with Gasteiger partial charge in [0.25, 0.3) is 0 Å². The SMILES string of the molecule is FC(F)C(c1ccccc1)C1CCNCC1. The molecule has 0 saturated carbocycles. The molecule has 1 aliphatic rings. The first-order chi connectivity index (χ1) is 7.79. The Labute approximate surface area is 94.9 Å². The highest BCUT2D eigenvalue weighted by molar-refractivity contribution is 5.21. The van der Waals surface area contributed by atoms with Gasteiger partial charge in [-0.05, 0) is 37.4 Å². The summed E-state index contributed by atoms with van der Waals surface area (Å²) >= 11 is 0. The molecule has 3 heteroatoms. The summed E-state index contributed by atoms with van der Waals surface area (Å²) in [5.41, 5.74) is 0.782. The van der Waals surface area contributed by atoms with Crippen molar-refractivity contribution in [2.24, 2.45) is 5.92 Å². The molecule has 1 atom stereocenters. The van der Waals surface area contributed by atoms with Crippen LogP contribution < -0.4 is 5.32 Å². The Morgan fingerprint density at radius 1 is 1.06 bits per heavy atom. The van der Waals surface area contributed by atoms with E-state index in [-0.39, 0.29) is 5.92 Å². The molecule has 0 bridgehead atoms. The lowest BCUT2D eigenvalue weighted by Crippen LogP contribution is -2.33.